The molecule has 0 rings (SSSR count). The minimum Gasteiger partial charge on any atom is -0.481 e. The standard InChI is InChI=1S/C12H10O11.C4H6O5.C4H4O4/c13-7(14)1-3-10(19)22-6(5-9(17)18)12(21)23-11(20)4-2-8(15)16;5-2(4(8)9)1-3(6)7;5-3(6)1-2-4(7)8/h1-4,6H,5H2,(H,13,14)(H,15,16)(H,17,18);2,5H,1H2,(H,6,7)(H,8,9);1-2H,(H,5,6)(H,7,8)/b3-1-,4-2+;;2-1+. The van der Waals surface area contributed by atoms with Crippen molar-refractivity contribution in [3.05, 3.63) is 36.5 Å². The van der Waals surface area contributed by atoms with Crippen molar-refractivity contribution >= 4 is 59.7 Å². The number of rotatable bonds is 13. The van der Waals surface area contributed by atoms with E-state index in [1.165, 1.54) is 0 Å². The lowest BCUT2D eigenvalue weighted by atomic mass is 10.2. The molecule has 40 heavy (non-hydrogen) atoms. The Labute approximate surface area is 220 Å². The molecule has 0 aromatic carbocycles. The number of hydrogen-bond donors (Lipinski definition) is 8. The van der Waals surface area contributed by atoms with Crippen molar-refractivity contribution in [2.45, 2.75) is 25.0 Å². The molecule has 0 amide bonds. The van der Waals surface area contributed by atoms with Gasteiger partial charge in [-0.25, -0.2) is 38.4 Å². The molecule has 0 saturated carbocycles. The van der Waals surface area contributed by atoms with E-state index in [1.807, 2.05) is 0 Å². The van der Waals surface area contributed by atoms with Crippen molar-refractivity contribution in [3.63, 3.8) is 0 Å². The number of aliphatic carboxylic acids is 7. The second-order valence-electron chi connectivity index (χ2n) is 6.07. The second kappa shape index (κ2) is 21.2. The average molecular weight is 580 g/mol. The van der Waals surface area contributed by atoms with Crippen LogP contribution in [0.3, 0.4) is 0 Å². The number of aliphatic hydroxyl groups is 1. The highest BCUT2D eigenvalue weighted by molar-refractivity contribution is 5.99. The Morgan fingerprint density at radius 3 is 1.18 bits per heavy atom. The van der Waals surface area contributed by atoms with E-state index in [1.54, 1.807) is 0 Å². The van der Waals surface area contributed by atoms with Gasteiger partial charge in [-0.05, 0) is 0 Å². The summed E-state index contributed by atoms with van der Waals surface area (Å²) in [6, 6.07) is 0. The van der Waals surface area contributed by atoms with Crippen LogP contribution in [-0.2, 0) is 57.4 Å². The Bertz CT molecular complexity index is 1060. The van der Waals surface area contributed by atoms with Gasteiger partial charge in [0.25, 0.3) is 0 Å². The summed E-state index contributed by atoms with van der Waals surface area (Å²) in [6.45, 7) is 0. The first-order valence-electron chi connectivity index (χ1n) is 9.55. The van der Waals surface area contributed by atoms with Crippen LogP contribution >= 0.6 is 0 Å². The smallest absolute Gasteiger partial charge is 0.355 e. The molecule has 0 saturated heterocycles. The maximum atomic E-state index is 11.5. The third-order valence-electron chi connectivity index (χ3n) is 2.83. The lowest BCUT2D eigenvalue weighted by Gasteiger charge is -2.12. The molecule has 0 bridgehead atoms. The summed E-state index contributed by atoms with van der Waals surface area (Å²) in [6.07, 6.45) is -2.97. The van der Waals surface area contributed by atoms with Gasteiger partial charge in [0.05, 0.1) is 12.8 Å². The van der Waals surface area contributed by atoms with Crippen LogP contribution in [0.5, 0.6) is 0 Å². The Hall–Kier alpha value is -5.92. The number of ether oxygens (including phenoxy) is 2. The summed E-state index contributed by atoms with van der Waals surface area (Å²) >= 11 is 0. The zero-order valence-electron chi connectivity index (χ0n) is 19.5. The molecule has 0 radical (unpaired) electrons. The van der Waals surface area contributed by atoms with Gasteiger partial charge in [0.2, 0.25) is 6.10 Å². The van der Waals surface area contributed by atoms with Gasteiger partial charge in [0.1, 0.15) is 0 Å². The van der Waals surface area contributed by atoms with Crippen LogP contribution in [0.4, 0.5) is 0 Å². The molecule has 2 atom stereocenters. The lowest BCUT2D eigenvalue weighted by molar-refractivity contribution is -0.172. The quantitative estimate of drug-likeness (QED) is 0.0625. The molecule has 220 valence electrons. The maximum absolute atomic E-state index is 11.5. The maximum Gasteiger partial charge on any atom is 0.355 e. The summed E-state index contributed by atoms with van der Waals surface area (Å²) in [5, 5.41) is 64.9. The lowest BCUT2D eigenvalue weighted by Crippen LogP contribution is -2.32. The monoisotopic (exact) mass is 580 g/mol. The van der Waals surface area contributed by atoms with E-state index in [9.17, 15) is 47.9 Å². The van der Waals surface area contributed by atoms with Crippen LogP contribution in [0, 0.1) is 0 Å². The van der Waals surface area contributed by atoms with Gasteiger partial charge in [-0.3, -0.25) is 9.59 Å². The van der Waals surface area contributed by atoms with Crippen LogP contribution < -0.4 is 0 Å². The van der Waals surface area contributed by atoms with E-state index in [0.717, 1.165) is 0 Å². The first-order chi connectivity index (χ1) is 18.3. The van der Waals surface area contributed by atoms with Crippen LogP contribution in [-0.4, -0.2) is 113 Å². The largest absolute Gasteiger partial charge is 0.481 e. The average Bonchev–Trinajstić information content (AvgIpc) is 2.79. The van der Waals surface area contributed by atoms with Crippen molar-refractivity contribution in [2.75, 3.05) is 0 Å². The van der Waals surface area contributed by atoms with Crippen LogP contribution in [0.15, 0.2) is 36.5 Å². The summed E-state index contributed by atoms with van der Waals surface area (Å²) in [5.74, 6) is -14.3. The van der Waals surface area contributed by atoms with E-state index in [2.05, 4.69) is 9.47 Å². The van der Waals surface area contributed by atoms with Crippen molar-refractivity contribution in [1.29, 1.82) is 0 Å². The Morgan fingerprint density at radius 1 is 0.525 bits per heavy atom. The number of aliphatic hydroxyl groups excluding tert-OH is 1. The summed E-state index contributed by atoms with van der Waals surface area (Å²) < 4.78 is 8.44. The highest BCUT2D eigenvalue weighted by Crippen LogP contribution is 2.04. The van der Waals surface area contributed by atoms with Gasteiger partial charge in [-0.15, -0.1) is 0 Å². The predicted octanol–water partition coefficient (Wildman–Crippen LogP) is -2.66. The Balaban J connectivity index is -0.000000655. The molecule has 20 nitrogen and oxygen atoms in total. The second-order valence-corrected chi connectivity index (χ2v) is 6.07. The van der Waals surface area contributed by atoms with Crippen molar-refractivity contribution < 1.29 is 98.3 Å². The SMILES string of the molecule is O=C(O)/C=C/C(=O)O.O=C(O)/C=C\C(=O)OC(CC(=O)O)C(=O)OC(=O)/C=C/C(=O)O.O=C(O)CC(O)C(=O)O. The van der Waals surface area contributed by atoms with Crippen LogP contribution in [0.2, 0.25) is 0 Å². The molecular weight excluding hydrogens is 560 g/mol. The van der Waals surface area contributed by atoms with Gasteiger partial charge in [0.15, 0.2) is 6.10 Å². The summed E-state index contributed by atoms with van der Waals surface area (Å²) in [4.78, 5) is 103. The minimum absolute atomic E-state index is 0.365. The van der Waals surface area contributed by atoms with Gasteiger partial charge < -0.3 is 50.3 Å². The highest BCUT2D eigenvalue weighted by Gasteiger charge is 2.28. The van der Waals surface area contributed by atoms with E-state index in [-0.39, 0.29) is 0 Å². The zero-order valence-corrected chi connectivity index (χ0v) is 19.5. The fraction of sp³-hybridized carbons (Fsp3) is 0.200. The molecule has 0 spiro atoms. The Kier molecular flexibility index (Phi) is 20.5. The number of carbonyl (C=O) groups is 10. The molecule has 0 fully saturated rings. The highest BCUT2D eigenvalue weighted by atomic mass is 16.6. The normalized spacial score (nSPS) is 11.5. The molecule has 0 aliphatic heterocycles. The van der Waals surface area contributed by atoms with Crippen LogP contribution in [0.1, 0.15) is 12.8 Å². The van der Waals surface area contributed by atoms with E-state index >= 15 is 0 Å². The predicted molar refractivity (Wildman–Crippen MR) is 117 cm³/mol. The van der Waals surface area contributed by atoms with Crippen LogP contribution in [0.25, 0.3) is 0 Å². The molecule has 0 aromatic heterocycles. The van der Waals surface area contributed by atoms with Gasteiger partial charge in [-0.2, -0.15) is 0 Å². The van der Waals surface area contributed by atoms with Crippen molar-refractivity contribution in [1.82, 2.24) is 0 Å². The van der Waals surface area contributed by atoms with Gasteiger partial charge in [0, 0.05) is 36.5 Å². The fourth-order valence-corrected chi connectivity index (χ4v) is 1.38. The first-order valence-corrected chi connectivity index (χ1v) is 9.55. The van der Waals surface area contributed by atoms with E-state index in [0.29, 0.717) is 36.5 Å². The zero-order chi connectivity index (χ0) is 32.0. The topological polar surface area (TPSA) is 351 Å². The number of hydrogen-bond acceptors (Lipinski definition) is 13. The minimum atomic E-state index is -2.03. The van der Waals surface area contributed by atoms with E-state index in [4.69, 9.17) is 40.9 Å². The summed E-state index contributed by atoms with van der Waals surface area (Å²) in [7, 11) is 0. The first kappa shape index (κ1) is 38.6. The molecule has 0 heterocycles. The molecular formula is C20H20O20. The van der Waals surface area contributed by atoms with Gasteiger partial charge in [-0.1, -0.05) is 0 Å². The van der Waals surface area contributed by atoms with Gasteiger partial charge >= 0.3 is 59.7 Å². The molecule has 8 N–H and O–H groups in total. The molecule has 0 aromatic rings. The van der Waals surface area contributed by atoms with Crippen molar-refractivity contribution in [2.24, 2.45) is 0 Å². The number of carbonyl (C=O) groups excluding carboxylic acids is 3. The van der Waals surface area contributed by atoms with Crippen molar-refractivity contribution in [3.8, 4) is 0 Å². The number of carboxylic acid groups (broad SMARTS) is 7. The number of esters is 3. The fourth-order valence-electron chi connectivity index (χ4n) is 1.38. The molecule has 20 heteroatoms. The molecule has 0 aliphatic rings. The summed E-state index contributed by atoms with van der Waals surface area (Å²) in [5.41, 5.74) is 0. The third kappa shape index (κ3) is 28.3. The molecule has 2 unspecified atom stereocenters. The number of carboxylic acids is 7. The molecule has 0 aliphatic carbocycles. The Morgan fingerprint density at radius 2 is 0.875 bits per heavy atom. The van der Waals surface area contributed by atoms with E-state index < -0.39 is 84.7 Å². The third-order valence-corrected chi connectivity index (χ3v) is 2.83.